The zero-order chi connectivity index (χ0) is 13.6. The second-order valence-corrected chi connectivity index (χ2v) is 5.16. The molecular weight excluding hydrogens is 228 g/mol. The van der Waals surface area contributed by atoms with Crippen molar-refractivity contribution in [1.29, 1.82) is 0 Å². The highest BCUT2D eigenvalue weighted by atomic mass is 16.5. The van der Waals surface area contributed by atoms with Crippen LogP contribution in [0, 0.1) is 0 Å². The summed E-state index contributed by atoms with van der Waals surface area (Å²) in [7, 11) is 3.62. The molecule has 0 fully saturated rings. The Labute approximate surface area is 110 Å². The lowest BCUT2D eigenvalue weighted by Crippen LogP contribution is -2.45. The Bertz CT molecular complexity index is 341. The van der Waals surface area contributed by atoms with Crippen molar-refractivity contribution >= 4 is 0 Å². The molecule has 0 bridgehead atoms. The fourth-order valence-corrected chi connectivity index (χ4v) is 1.59. The molecule has 1 aromatic heterocycles. The molecule has 1 aromatic rings. The molecule has 1 N–H and O–H groups in total. The third-order valence-corrected chi connectivity index (χ3v) is 3.29. The molecule has 1 heterocycles. The van der Waals surface area contributed by atoms with Crippen molar-refractivity contribution in [3.63, 3.8) is 0 Å². The van der Waals surface area contributed by atoms with Crippen LogP contribution in [0.25, 0.3) is 0 Å². The van der Waals surface area contributed by atoms with E-state index in [0.717, 1.165) is 18.7 Å². The molecule has 1 rings (SSSR count). The summed E-state index contributed by atoms with van der Waals surface area (Å²) >= 11 is 0. The van der Waals surface area contributed by atoms with Crippen LogP contribution in [0.4, 0.5) is 0 Å². The van der Waals surface area contributed by atoms with Crippen LogP contribution >= 0.6 is 0 Å². The third-order valence-electron chi connectivity index (χ3n) is 3.29. The van der Waals surface area contributed by atoms with Crippen LogP contribution in [0.2, 0.25) is 0 Å². The molecule has 0 aliphatic rings. The Morgan fingerprint density at radius 2 is 2.17 bits per heavy atom. The van der Waals surface area contributed by atoms with Gasteiger partial charge in [-0.15, -0.1) is 0 Å². The minimum absolute atomic E-state index is 0.503. The van der Waals surface area contributed by atoms with Crippen molar-refractivity contribution < 1.29 is 9.84 Å². The number of hydrogen-bond acceptors (Lipinski definition) is 4. The molecule has 0 spiro atoms. The van der Waals surface area contributed by atoms with E-state index in [1.807, 2.05) is 39.1 Å². The third kappa shape index (κ3) is 4.72. The van der Waals surface area contributed by atoms with E-state index in [2.05, 4.69) is 9.88 Å². The number of nitrogens with zero attached hydrogens (tertiary/aromatic N) is 2. The summed E-state index contributed by atoms with van der Waals surface area (Å²) < 4.78 is 5.27. The van der Waals surface area contributed by atoms with E-state index in [-0.39, 0.29) is 0 Å². The molecule has 0 aliphatic heterocycles. The Morgan fingerprint density at radius 1 is 1.44 bits per heavy atom. The molecule has 18 heavy (non-hydrogen) atoms. The smallest absolute Gasteiger partial charge is 0.0950 e. The van der Waals surface area contributed by atoms with Gasteiger partial charge in [-0.3, -0.25) is 4.98 Å². The summed E-state index contributed by atoms with van der Waals surface area (Å²) in [5.41, 5.74) is 0.559. The van der Waals surface area contributed by atoms with Crippen molar-refractivity contribution in [2.75, 3.05) is 27.2 Å². The molecule has 1 unspecified atom stereocenters. The van der Waals surface area contributed by atoms with E-state index in [1.54, 1.807) is 13.3 Å². The quantitative estimate of drug-likeness (QED) is 0.795. The van der Waals surface area contributed by atoms with Crippen LogP contribution in [0.15, 0.2) is 24.4 Å². The van der Waals surface area contributed by atoms with Gasteiger partial charge in [-0.1, -0.05) is 6.07 Å². The van der Waals surface area contributed by atoms with Gasteiger partial charge in [0.1, 0.15) is 0 Å². The van der Waals surface area contributed by atoms with Crippen LogP contribution in [-0.2, 0) is 11.2 Å². The number of ether oxygens (including phenoxy) is 1. The zero-order valence-corrected chi connectivity index (χ0v) is 11.8. The lowest BCUT2D eigenvalue weighted by molar-refractivity contribution is -0.0856. The summed E-state index contributed by atoms with van der Waals surface area (Å²) in [6.45, 7) is 5.25. The van der Waals surface area contributed by atoms with Crippen molar-refractivity contribution in [2.24, 2.45) is 0 Å². The summed E-state index contributed by atoms with van der Waals surface area (Å²) in [5.74, 6) is 0. The molecule has 0 saturated heterocycles. The number of aliphatic hydroxyl groups excluding tert-OH is 1. The second-order valence-electron chi connectivity index (χ2n) is 5.16. The Morgan fingerprint density at radius 3 is 2.72 bits per heavy atom. The van der Waals surface area contributed by atoms with Crippen molar-refractivity contribution in [3.8, 4) is 0 Å². The number of pyridine rings is 1. The average Bonchev–Trinajstić information content (AvgIpc) is 2.37. The predicted octanol–water partition coefficient (Wildman–Crippen LogP) is 1.34. The highest BCUT2D eigenvalue weighted by molar-refractivity contribution is 5.03. The van der Waals surface area contributed by atoms with Gasteiger partial charge in [-0.2, -0.15) is 0 Å². The van der Waals surface area contributed by atoms with Crippen molar-refractivity contribution in [2.45, 2.75) is 32.0 Å². The molecule has 0 saturated carbocycles. The molecule has 0 aromatic carbocycles. The number of methoxy groups -OCH3 is 1. The highest BCUT2D eigenvalue weighted by Crippen LogP contribution is 2.14. The van der Waals surface area contributed by atoms with E-state index < -0.39 is 11.7 Å². The summed E-state index contributed by atoms with van der Waals surface area (Å²) in [6, 6.07) is 5.92. The minimum Gasteiger partial charge on any atom is -0.389 e. The molecule has 1 atom stereocenters. The van der Waals surface area contributed by atoms with Gasteiger partial charge < -0.3 is 14.7 Å². The van der Waals surface area contributed by atoms with Gasteiger partial charge in [0.05, 0.1) is 11.7 Å². The maximum atomic E-state index is 10.1. The normalized spacial score (nSPS) is 13.9. The number of aromatic nitrogens is 1. The minimum atomic E-state index is -0.515. The first-order valence-electron chi connectivity index (χ1n) is 6.27. The van der Waals surface area contributed by atoms with E-state index in [4.69, 9.17) is 4.74 Å². The van der Waals surface area contributed by atoms with Crippen LogP contribution in [0.5, 0.6) is 0 Å². The zero-order valence-electron chi connectivity index (χ0n) is 11.8. The average molecular weight is 252 g/mol. The molecule has 0 aliphatic carbocycles. The van der Waals surface area contributed by atoms with Crippen molar-refractivity contribution in [3.05, 3.63) is 30.1 Å². The van der Waals surface area contributed by atoms with Gasteiger partial charge in [0, 0.05) is 38.5 Å². The first-order valence-corrected chi connectivity index (χ1v) is 6.27. The molecule has 102 valence electrons. The van der Waals surface area contributed by atoms with Gasteiger partial charge in [0.15, 0.2) is 0 Å². The molecule has 0 radical (unpaired) electrons. The topological polar surface area (TPSA) is 45.6 Å². The predicted molar refractivity (Wildman–Crippen MR) is 72.5 cm³/mol. The molecule has 0 amide bonds. The van der Waals surface area contributed by atoms with Crippen LogP contribution in [0.3, 0.4) is 0 Å². The number of aliphatic hydroxyl groups is 1. The first kappa shape index (κ1) is 15.1. The highest BCUT2D eigenvalue weighted by Gasteiger charge is 2.28. The van der Waals surface area contributed by atoms with E-state index in [0.29, 0.717) is 6.54 Å². The fourth-order valence-electron chi connectivity index (χ4n) is 1.59. The molecule has 4 nitrogen and oxygen atoms in total. The van der Waals surface area contributed by atoms with Gasteiger partial charge in [-0.25, -0.2) is 0 Å². The van der Waals surface area contributed by atoms with Crippen LogP contribution in [-0.4, -0.2) is 53.9 Å². The summed E-state index contributed by atoms with van der Waals surface area (Å²) in [6.07, 6.45) is 2.19. The first-order chi connectivity index (χ1) is 8.45. The van der Waals surface area contributed by atoms with Gasteiger partial charge in [0.2, 0.25) is 0 Å². The lowest BCUT2D eigenvalue weighted by atomic mass is 10.0. The SMILES string of the molecule is COC(C)(C)C(O)CN(C)CCc1ccccn1. The van der Waals surface area contributed by atoms with E-state index in [9.17, 15) is 5.11 Å². The van der Waals surface area contributed by atoms with Crippen molar-refractivity contribution in [1.82, 2.24) is 9.88 Å². The van der Waals surface area contributed by atoms with Crippen LogP contribution in [0.1, 0.15) is 19.5 Å². The van der Waals surface area contributed by atoms with E-state index >= 15 is 0 Å². The molecular formula is C14H24N2O2. The number of hydrogen-bond donors (Lipinski definition) is 1. The maximum Gasteiger partial charge on any atom is 0.0950 e. The standard InChI is InChI=1S/C14H24N2O2/c1-14(2,18-4)13(17)11-16(3)10-8-12-7-5-6-9-15-12/h5-7,9,13,17H,8,10-11H2,1-4H3. The maximum absolute atomic E-state index is 10.1. The van der Waals surface area contributed by atoms with Gasteiger partial charge in [-0.05, 0) is 33.0 Å². The van der Waals surface area contributed by atoms with E-state index in [1.165, 1.54) is 0 Å². The van der Waals surface area contributed by atoms with Gasteiger partial charge in [0.25, 0.3) is 0 Å². The summed E-state index contributed by atoms with van der Waals surface area (Å²) in [4.78, 5) is 6.38. The number of rotatable bonds is 7. The Kier molecular flexibility index (Phi) is 5.72. The molecule has 4 heteroatoms. The monoisotopic (exact) mass is 252 g/mol. The van der Waals surface area contributed by atoms with Gasteiger partial charge >= 0.3 is 0 Å². The summed E-state index contributed by atoms with van der Waals surface area (Å²) in [5, 5.41) is 10.1. The van der Waals surface area contributed by atoms with Crippen LogP contribution < -0.4 is 0 Å². The second kappa shape index (κ2) is 6.83. The Hall–Kier alpha value is -0.970. The largest absolute Gasteiger partial charge is 0.389 e. The fraction of sp³-hybridized carbons (Fsp3) is 0.643. The number of likely N-dealkylation sites (N-methyl/N-ethyl adjacent to an activating group) is 1. The Balaban J connectivity index is 2.36. The lowest BCUT2D eigenvalue weighted by Gasteiger charge is -2.32.